The van der Waals surface area contributed by atoms with Crippen LogP contribution in [0.2, 0.25) is 0 Å². The molecule has 1 aliphatic rings. The van der Waals surface area contributed by atoms with Crippen molar-refractivity contribution in [1.82, 2.24) is 0 Å². The van der Waals surface area contributed by atoms with Crippen molar-refractivity contribution in [2.75, 3.05) is 27.4 Å². The lowest BCUT2D eigenvalue weighted by atomic mass is 9.90. The number of allylic oxidation sites excluding steroid dienone is 1. The fourth-order valence-electron chi connectivity index (χ4n) is 4.16. The molecule has 11 nitrogen and oxygen atoms in total. The summed E-state index contributed by atoms with van der Waals surface area (Å²) in [5, 5.41) is 60.6. The van der Waals surface area contributed by atoms with E-state index in [1.165, 1.54) is 32.4 Å². The van der Waals surface area contributed by atoms with E-state index in [2.05, 4.69) is 0 Å². The van der Waals surface area contributed by atoms with Crippen LogP contribution in [-0.4, -0.2) is 95.1 Å². The van der Waals surface area contributed by atoms with Crippen LogP contribution in [0, 0.1) is 0 Å². The summed E-state index contributed by atoms with van der Waals surface area (Å²) in [4.78, 5) is 10.9. The molecule has 0 aliphatic carbocycles. The highest BCUT2D eigenvalue weighted by molar-refractivity contribution is 5.75. The number of phenols is 1. The predicted octanol–water partition coefficient (Wildman–Crippen LogP) is 0.119. The van der Waals surface area contributed by atoms with Gasteiger partial charge in [-0.3, -0.25) is 4.79 Å². The van der Waals surface area contributed by atoms with Gasteiger partial charge in [-0.15, -0.1) is 0 Å². The van der Waals surface area contributed by atoms with Crippen molar-refractivity contribution in [2.45, 2.75) is 43.0 Å². The molecule has 2 aromatic carbocycles. The van der Waals surface area contributed by atoms with Crippen molar-refractivity contribution < 1.29 is 54.4 Å². The van der Waals surface area contributed by atoms with Gasteiger partial charge in [0, 0.05) is 11.5 Å². The summed E-state index contributed by atoms with van der Waals surface area (Å²) in [5.74, 6) is -0.123. The van der Waals surface area contributed by atoms with Gasteiger partial charge in [0.25, 0.3) is 0 Å². The SMILES string of the molecule is COc1cc(C[C@H](CO)c2cc(C=CC=O)cc(OC)c2O[C@@H]2O[C@H](CO)[C@@H](O)[C@H](O)[C@H]2O)ccc1O. The van der Waals surface area contributed by atoms with Gasteiger partial charge >= 0.3 is 0 Å². The minimum atomic E-state index is -1.67. The number of methoxy groups -OCH3 is 2. The largest absolute Gasteiger partial charge is 0.504 e. The van der Waals surface area contributed by atoms with E-state index < -0.39 is 43.2 Å². The number of carbonyl (C=O) groups excluding carboxylic acids is 1. The van der Waals surface area contributed by atoms with Gasteiger partial charge in [-0.2, -0.15) is 0 Å². The molecule has 11 heteroatoms. The summed E-state index contributed by atoms with van der Waals surface area (Å²) in [6, 6.07) is 8.01. The average Bonchev–Trinajstić information content (AvgIpc) is 2.91. The van der Waals surface area contributed by atoms with Crippen LogP contribution < -0.4 is 14.2 Å². The number of carbonyl (C=O) groups is 1. The van der Waals surface area contributed by atoms with Crippen LogP contribution >= 0.6 is 0 Å². The Bertz CT molecular complexity index is 1080. The standard InChI is InChI=1S/C26H32O11/c1-34-19-10-15(5-6-18(19)30)8-16(12-28)17-9-14(4-3-7-27)11-20(35-2)25(17)37-26-24(33)23(32)22(31)21(13-29)36-26/h3-7,9-11,16,21-24,26,28-33H,8,12-13H2,1-2H3/t16-,21-,22-,23+,24-,26+/m1/s1. The molecule has 6 atom stereocenters. The molecule has 0 unspecified atom stereocenters. The Morgan fingerprint density at radius 1 is 1.00 bits per heavy atom. The first-order valence-corrected chi connectivity index (χ1v) is 11.6. The van der Waals surface area contributed by atoms with Crippen molar-refractivity contribution in [2.24, 2.45) is 0 Å². The zero-order valence-electron chi connectivity index (χ0n) is 20.4. The molecular weight excluding hydrogens is 488 g/mol. The highest BCUT2D eigenvalue weighted by Crippen LogP contribution is 2.41. The second kappa shape index (κ2) is 12.9. The lowest BCUT2D eigenvalue weighted by Gasteiger charge is -2.40. The third-order valence-corrected chi connectivity index (χ3v) is 6.16. The predicted molar refractivity (Wildman–Crippen MR) is 131 cm³/mol. The normalized spacial score (nSPS) is 24.6. The molecule has 1 saturated heterocycles. The lowest BCUT2D eigenvalue weighted by Crippen LogP contribution is -2.60. The molecule has 2 aromatic rings. The summed E-state index contributed by atoms with van der Waals surface area (Å²) >= 11 is 0. The van der Waals surface area contributed by atoms with Crippen molar-refractivity contribution >= 4 is 12.4 Å². The maximum atomic E-state index is 10.9. The Morgan fingerprint density at radius 2 is 1.73 bits per heavy atom. The maximum Gasteiger partial charge on any atom is 0.229 e. The molecule has 3 rings (SSSR count). The molecule has 0 radical (unpaired) electrons. The van der Waals surface area contributed by atoms with E-state index in [1.54, 1.807) is 24.3 Å². The number of aliphatic hydroxyl groups excluding tert-OH is 5. The van der Waals surface area contributed by atoms with E-state index in [0.29, 0.717) is 17.4 Å². The fourth-order valence-corrected chi connectivity index (χ4v) is 4.16. The summed E-state index contributed by atoms with van der Waals surface area (Å²) < 4.78 is 22.1. The molecule has 1 fully saturated rings. The third-order valence-electron chi connectivity index (χ3n) is 6.16. The molecule has 202 valence electrons. The van der Waals surface area contributed by atoms with Crippen LogP contribution in [0.5, 0.6) is 23.0 Å². The highest BCUT2D eigenvalue weighted by atomic mass is 16.7. The zero-order chi connectivity index (χ0) is 27.1. The molecular formula is C26H32O11. The van der Waals surface area contributed by atoms with Gasteiger partial charge in [0.1, 0.15) is 30.7 Å². The number of aliphatic hydroxyl groups is 5. The fraction of sp³-hybridized carbons (Fsp3) is 0.423. The molecule has 1 aliphatic heterocycles. The van der Waals surface area contributed by atoms with E-state index >= 15 is 0 Å². The van der Waals surface area contributed by atoms with E-state index in [4.69, 9.17) is 18.9 Å². The van der Waals surface area contributed by atoms with Gasteiger partial charge in [0.2, 0.25) is 6.29 Å². The Labute approximate surface area is 213 Å². The third kappa shape index (κ3) is 6.39. The number of phenolic OH excluding ortho intramolecular Hbond substituents is 1. The van der Waals surface area contributed by atoms with Gasteiger partial charge in [0.15, 0.2) is 23.0 Å². The van der Waals surface area contributed by atoms with E-state index in [1.807, 2.05) is 0 Å². The van der Waals surface area contributed by atoms with Crippen molar-refractivity contribution in [3.05, 3.63) is 53.1 Å². The second-order valence-corrected chi connectivity index (χ2v) is 8.54. The molecule has 0 spiro atoms. The van der Waals surface area contributed by atoms with Gasteiger partial charge in [0.05, 0.1) is 27.4 Å². The van der Waals surface area contributed by atoms with Crippen LogP contribution in [0.3, 0.4) is 0 Å². The lowest BCUT2D eigenvalue weighted by molar-refractivity contribution is -0.277. The van der Waals surface area contributed by atoms with Crippen molar-refractivity contribution in [1.29, 1.82) is 0 Å². The number of ether oxygens (including phenoxy) is 4. The summed E-state index contributed by atoms with van der Waals surface area (Å²) in [6.45, 7) is -0.982. The van der Waals surface area contributed by atoms with Crippen LogP contribution in [0.25, 0.3) is 6.08 Å². The average molecular weight is 521 g/mol. The van der Waals surface area contributed by atoms with Crippen molar-refractivity contribution in [3.8, 4) is 23.0 Å². The van der Waals surface area contributed by atoms with E-state index in [9.17, 15) is 35.4 Å². The number of aromatic hydroxyl groups is 1. The van der Waals surface area contributed by atoms with Gasteiger partial charge in [-0.05, 0) is 47.9 Å². The molecule has 0 bridgehead atoms. The van der Waals surface area contributed by atoms with Crippen LogP contribution in [-0.2, 0) is 16.0 Å². The monoisotopic (exact) mass is 520 g/mol. The molecule has 0 amide bonds. The number of hydrogen-bond acceptors (Lipinski definition) is 11. The van der Waals surface area contributed by atoms with Gasteiger partial charge < -0.3 is 49.6 Å². The van der Waals surface area contributed by atoms with Gasteiger partial charge in [-0.25, -0.2) is 0 Å². The number of hydrogen-bond donors (Lipinski definition) is 6. The number of rotatable bonds is 11. The van der Waals surface area contributed by atoms with Crippen molar-refractivity contribution in [3.63, 3.8) is 0 Å². The first-order valence-electron chi connectivity index (χ1n) is 11.6. The Morgan fingerprint density at radius 3 is 2.35 bits per heavy atom. The second-order valence-electron chi connectivity index (χ2n) is 8.54. The van der Waals surface area contributed by atoms with E-state index in [-0.39, 0.29) is 36.0 Å². The quantitative estimate of drug-likeness (QED) is 0.175. The number of aldehydes is 1. The van der Waals surface area contributed by atoms with Crippen LogP contribution in [0.4, 0.5) is 0 Å². The molecule has 1 heterocycles. The highest BCUT2D eigenvalue weighted by Gasteiger charge is 2.45. The molecule has 0 saturated carbocycles. The Hall–Kier alpha value is -3.19. The Balaban J connectivity index is 2.07. The smallest absolute Gasteiger partial charge is 0.229 e. The summed E-state index contributed by atoms with van der Waals surface area (Å²) in [7, 11) is 2.80. The van der Waals surface area contributed by atoms with Crippen LogP contribution in [0.15, 0.2) is 36.4 Å². The summed E-state index contributed by atoms with van der Waals surface area (Å²) in [6.07, 6.45) is -3.87. The topological polar surface area (TPSA) is 175 Å². The maximum absolute atomic E-state index is 10.9. The molecule has 37 heavy (non-hydrogen) atoms. The molecule has 6 N–H and O–H groups in total. The Kier molecular flexibility index (Phi) is 9.86. The first kappa shape index (κ1) is 28.4. The van der Waals surface area contributed by atoms with E-state index in [0.717, 1.165) is 5.56 Å². The van der Waals surface area contributed by atoms with Crippen LogP contribution in [0.1, 0.15) is 22.6 Å². The van der Waals surface area contributed by atoms with Gasteiger partial charge in [-0.1, -0.05) is 12.1 Å². The molecule has 0 aromatic heterocycles. The first-order chi connectivity index (χ1) is 17.8. The minimum absolute atomic E-state index is 0.0406. The zero-order valence-corrected chi connectivity index (χ0v) is 20.4. The summed E-state index contributed by atoms with van der Waals surface area (Å²) in [5.41, 5.74) is 1.71. The number of benzene rings is 2. The minimum Gasteiger partial charge on any atom is -0.504 e.